The van der Waals surface area contributed by atoms with E-state index in [1.165, 1.54) is 49.5 Å². The van der Waals surface area contributed by atoms with Crippen LogP contribution in [0, 0.1) is 6.92 Å². The molecule has 2 heteroatoms. The molecule has 0 aliphatic carbocycles. The smallest absolute Gasteiger partial charge is 0.191 e. The Morgan fingerprint density at radius 1 is 0.613 bits per heavy atom. The average molecular weight is 419 g/mol. The molecule has 0 aliphatic rings. The zero-order valence-corrected chi connectivity index (χ0v) is 18.6. The standard InChI is InChI=1S/C29H24NS/c1-21-13-15-22(16-14-21)25-19-26(23-9-5-3-6-10-23)28(29-30(2)17-18-31-29)27(20-25)24-11-7-4-8-12-24/h3-20H,1-2H3/q+1. The topological polar surface area (TPSA) is 3.88 Å². The van der Waals surface area contributed by atoms with E-state index in [-0.39, 0.29) is 0 Å². The number of benzene rings is 4. The molecular weight excluding hydrogens is 394 g/mol. The highest BCUT2D eigenvalue weighted by atomic mass is 32.1. The van der Waals surface area contributed by atoms with Crippen LogP contribution in [0.1, 0.15) is 5.56 Å². The van der Waals surface area contributed by atoms with Gasteiger partial charge in [0.1, 0.15) is 7.05 Å². The normalized spacial score (nSPS) is 10.9. The zero-order chi connectivity index (χ0) is 21.2. The van der Waals surface area contributed by atoms with Crippen molar-refractivity contribution < 1.29 is 4.57 Å². The maximum absolute atomic E-state index is 2.35. The summed E-state index contributed by atoms with van der Waals surface area (Å²) < 4.78 is 2.23. The first kappa shape index (κ1) is 19.5. The van der Waals surface area contributed by atoms with Gasteiger partial charge < -0.3 is 0 Å². The lowest BCUT2D eigenvalue weighted by molar-refractivity contribution is -0.655. The van der Waals surface area contributed by atoms with Crippen LogP contribution in [-0.4, -0.2) is 0 Å². The van der Waals surface area contributed by atoms with E-state index in [0.29, 0.717) is 0 Å². The van der Waals surface area contributed by atoms with E-state index < -0.39 is 0 Å². The number of thiazole rings is 1. The molecule has 5 aromatic rings. The van der Waals surface area contributed by atoms with Crippen LogP contribution in [0.25, 0.3) is 44.0 Å². The third kappa shape index (κ3) is 3.83. The summed E-state index contributed by atoms with van der Waals surface area (Å²) >= 11 is 1.79. The van der Waals surface area contributed by atoms with Crippen LogP contribution in [-0.2, 0) is 7.05 Å². The molecule has 0 amide bonds. The van der Waals surface area contributed by atoms with E-state index in [4.69, 9.17) is 0 Å². The molecular formula is C29H24NS+. The molecule has 0 spiro atoms. The van der Waals surface area contributed by atoms with Crippen LogP contribution in [0.15, 0.2) is 109 Å². The fourth-order valence-electron chi connectivity index (χ4n) is 4.05. The van der Waals surface area contributed by atoms with Crippen molar-refractivity contribution in [2.24, 2.45) is 7.05 Å². The first-order valence-electron chi connectivity index (χ1n) is 10.5. The molecule has 1 aromatic heterocycles. The Labute approximate surface area is 187 Å². The van der Waals surface area contributed by atoms with Gasteiger partial charge in [0.25, 0.3) is 5.01 Å². The van der Waals surface area contributed by atoms with E-state index in [1.807, 2.05) is 0 Å². The molecule has 31 heavy (non-hydrogen) atoms. The van der Waals surface area contributed by atoms with Crippen molar-refractivity contribution in [3.63, 3.8) is 0 Å². The maximum atomic E-state index is 2.35. The summed E-state index contributed by atoms with van der Waals surface area (Å²) in [4.78, 5) is 0. The van der Waals surface area contributed by atoms with Gasteiger partial charge in [-0.3, -0.25) is 0 Å². The summed E-state index contributed by atoms with van der Waals surface area (Å²) in [5.41, 5.74) is 10.0. The van der Waals surface area contributed by atoms with Crippen molar-refractivity contribution in [2.45, 2.75) is 6.92 Å². The molecule has 150 valence electrons. The van der Waals surface area contributed by atoms with Crippen LogP contribution in [0.2, 0.25) is 0 Å². The minimum absolute atomic E-state index is 1.23. The minimum atomic E-state index is 1.23. The minimum Gasteiger partial charge on any atom is -0.191 e. The molecule has 1 heterocycles. The molecule has 1 nitrogen and oxygen atoms in total. The van der Waals surface area contributed by atoms with Crippen LogP contribution < -0.4 is 4.57 Å². The van der Waals surface area contributed by atoms with Crippen molar-refractivity contribution in [2.75, 3.05) is 0 Å². The molecule has 0 atom stereocenters. The fourth-order valence-corrected chi connectivity index (χ4v) is 4.99. The van der Waals surface area contributed by atoms with Crippen LogP contribution in [0.3, 0.4) is 0 Å². The number of rotatable bonds is 4. The Morgan fingerprint density at radius 2 is 1.16 bits per heavy atom. The summed E-state index contributed by atoms with van der Waals surface area (Å²) in [6, 6.07) is 35.0. The molecule has 0 saturated heterocycles. The lowest BCUT2D eigenvalue weighted by Gasteiger charge is -2.16. The fraction of sp³-hybridized carbons (Fsp3) is 0.0690. The van der Waals surface area contributed by atoms with E-state index >= 15 is 0 Å². The number of hydrogen-bond donors (Lipinski definition) is 0. The van der Waals surface area contributed by atoms with Gasteiger partial charge in [0, 0.05) is 0 Å². The molecule has 0 unspecified atom stereocenters. The SMILES string of the molecule is Cc1ccc(-c2cc(-c3ccccc3)c(-c3scc[n+]3C)c(-c3ccccc3)c2)cc1. The van der Waals surface area contributed by atoms with Gasteiger partial charge in [0.2, 0.25) is 0 Å². The summed E-state index contributed by atoms with van der Waals surface area (Å²) in [6.07, 6.45) is 2.14. The predicted octanol–water partition coefficient (Wildman–Crippen LogP) is 7.55. The van der Waals surface area contributed by atoms with E-state index in [2.05, 4.69) is 127 Å². The van der Waals surface area contributed by atoms with Gasteiger partial charge in [0.15, 0.2) is 6.20 Å². The van der Waals surface area contributed by atoms with Gasteiger partial charge in [-0.2, -0.15) is 4.57 Å². The Balaban J connectivity index is 1.87. The van der Waals surface area contributed by atoms with Crippen molar-refractivity contribution in [3.8, 4) is 44.0 Å². The second-order valence-corrected chi connectivity index (χ2v) is 8.76. The molecule has 0 N–H and O–H groups in total. The summed E-state index contributed by atoms with van der Waals surface area (Å²) in [5, 5.41) is 3.42. The highest BCUT2D eigenvalue weighted by molar-refractivity contribution is 7.12. The Bertz CT molecular complexity index is 1260. The number of aromatic nitrogens is 1. The van der Waals surface area contributed by atoms with Crippen molar-refractivity contribution >= 4 is 11.3 Å². The van der Waals surface area contributed by atoms with E-state index in [9.17, 15) is 0 Å². The van der Waals surface area contributed by atoms with Gasteiger partial charge in [-0.25, -0.2) is 0 Å². The highest BCUT2D eigenvalue weighted by Gasteiger charge is 2.23. The first-order valence-corrected chi connectivity index (χ1v) is 11.4. The average Bonchev–Trinajstić information content (AvgIpc) is 3.25. The van der Waals surface area contributed by atoms with Crippen LogP contribution >= 0.6 is 11.3 Å². The van der Waals surface area contributed by atoms with Gasteiger partial charge in [0.05, 0.1) is 10.9 Å². The van der Waals surface area contributed by atoms with Crippen molar-refractivity contribution in [1.82, 2.24) is 0 Å². The predicted molar refractivity (Wildman–Crippen MR) is 132 cm³/mol. The molecule has 0 radical (unpaired) electrons. The van der Waals surface area contributed by atoms with E-state index in [0.717, 1.165) is 0 Å². The number of nitrogens with zero attached hydrogens (tertiary/aromatic N) is 1. The first-order chi connectivity index (χ1) is 15.2. The summed E-state index contributed by atoms with van der Waals surface area (Å²) in [7, 11) is 2.13. The second kappa shape index (κ2) is 8.33. The lowest BCUT2D eigenvalue weighted by atomic mass is 9.88. The quantitative estimate of drug-likeness (QED) is 0.265. The number of hydrogen-bond acceptors (Lipinski definition) is 1. The summed E-state index contributed by atoms with van der Waals surface area (Å²) in [5.74, 6) is 0. The monoisotopic (exact) mass is 418 g/mol. The van der Waals surface area contributed by atoms with Crippen LogP contribution in [0.5, 0.6) is 0 Å². The second-order valence-electron chi connectivity index (χ2n) is 7.86. The molecule has 0 aliphatic heterocycles. The molecule has 5 rings (SSSR count). The van der Waals surface area contributed by atoms with Gasteiger partial charge in [-0.15, -0.1) is 0 Å². The highest BCUT2D eigenvalue weighted by Crippen LogP contribution is 2.43. The lowest BCUT2D eigenvalue weighted by Crippen LogP contribution is -2.27. The third-order valence-electron chi connectivity index (χ3n) is 5.69. The molecule has 0 bridgehead atoms. The van der Waals surface area contributed by atoms with Crippen LogP contribution in [0.4, 0.5) is 0 Å². The van der Waals surface area contributed by atoms with Gasteiger partial charge >= 0.3 is 0 Å². The Kier molecular flexibility index (Phi) is 5.23. The number of aryl methyl sites for hydroxylation is 2. The maximum Gasteiger partial charge on any atom is 0.270 e. The largest absolute Gasteiger partial charge is 0.270 e. The summed E-state index contributed by atoms with van der Waals surface area (Å²) in [6.45, 7) is 2.13. The third-order valence-corrected chi connectivity index (χ3v) is 6.66. The molecule has 4 aromatic carbocycles. The van der Waals surface area contributed by atoms with Gasteiger partial charge in [-0.1, -0.05) is 102 Å². The molecule has 0 fully saturated rings. The van der Waals surface area contributed by atoms with E-state index in [1.54, 1.807) is 11.3 Å². The zero-order valence-electron chi connectivity index (χ0n) is 17.7. The van der Waals surface area contributed by atoms with Crippen molar-refractivity contribution in [3.05, 3.63) is 114 Å². The van der Waals surface area contributed by atoms with Crippen molar-refractivity contribution in [1.29, 1.82) is 0 Å². The molecule has 0 saturated carbocycles. The Morgan fingerprint density at radius 3 is 1.65 bits per heavy atom. The Hall–Kier alpha value is -3.49. The van der Waals surface area contributed by atoms with Gasteiger partial charge in [-0.05, 0) is 52.4 Å².